The predicted molar refractivity (Wildman–Crippen MR) is 79.4 cm³/mol. The average molecular weight is 270 g/mol. The normalized spacial score (nSPS) is 17.9. The molecular weight excluding hydrogens is 240 g/mol. The molecule has 112 valence electrons. The fourth-order valence-electron chi connectivity index (χ4n) is 2.30. The molecule has 19 heavy (non-hydrogen) atoms. The van der Waals surface area contributed by atoms with Gasteiger partial charge in [-0.15, -0.1) is 0 Å². The molecule has 0 bridgehead atoms. The van der Waals surface area contributed by atoms with Crippen molar-refractivity contribution in [2.45, 2.75) is 19.8 Å². The molecule has 0 aromatic heterocycles. The molecule has 1 aliphatic rings. The highest BCUT2D eigenvalue weighted by atomic mass is 16.1. The van der Waals surface area contributed by atoms with E-state index in [0.717, 1.165) is 58.8 Å². The summed E-state index contributed by atoms with van der Waals surface area (Å²) in [7, 11) is 4.11. The van der Waals surface area contributed by atoms with Crippen molar-refractivity contribution in [3.05, 3.63) is 0 Å². The van der Waals surface area contributed by atoms with Gasteiger partial charge in [-0.05, 0) is 33.6 Å². The lowest BCUT2D eigenvalue weighted by Gasteiger charge is -2.33. The van der Waals surface area contributed by atoms with E-state index in [-0.39, 0.29) is 5.91 Å². The zero-order chi connectivity index (χ0) is 14.1. The van der Waals surface area contributed by atoms with Crippen LogP contribution in [0.25, 0.3) is 0 Å². The molecule has 0 saturated carbocycles. The van der Waals surface area contributed by atoms with E-state index in [0.29, 0.717) is 6.42 Å². The van der Waals surface area contributed by atoms with E-state index in [1.54, 1.807) is 0 Å². The van der Waals surface area contributed by atoms with Crippen molar-refractivity contribution in [2.24, 2.45) is 0 Å². The predicted octanol–water partition coefficient (Wildman–Crippen LogP) is 0.0819. The number of amides is 1. The molecule has 1 heterocycles. The second-order valence-electron chi connectivity index (χ2n) is 5.53. The molecule has 0 radical (unpaired) electrons. The van der Waals surface area contributed by atoms with Crippen LogP contribution in [0.1, 0.15) is 19.8 Å². The van der Waals surface area contributed by atoms with Crippen molar-refractivity contribution in [3.63, 3.8) is 0 Å². The highest BCUT2D eigenvalue weighted by Crippen LogP contribution is 2.01. The van der Waals surface area contributed by atoms with Gasteiger partial charge in [-0.3, -0.25) is 4.79 Å². The summed E-state index contributed by atoms with van der Waals surface area (Å²) >= 11 is 0. The molecule has 0 aliphatic carbocycles. The van der Waals surface area contributed by atoms with Crippen LogP contribution in [0.2, 0.25) is 0 Å². The summed E-state index contributed by atoms with van der Waals surface area (Å²) in [5.41, 5.74) is 0. The first kappa shape index (κ1) is 16.4. The quantitative estimate of drug-likeness (QED) is 0.634. The van der Waals surface area contributed by atoms with Crippen molar-refractivity contribution < 1.29 is 4.79 Å². The molecule has 0 atom stereocenters. The average Bonchev–Trinajstić information content (AvgIpc) is 2.41. The Bertz CT molecular complexity index is 250. The Balaban J connectivity index is 2.01. The number of piperazine rings is 1. The van der Waals surface area contributed by atoms with E-state index in [1.807, 2.05) is 0 Å². The maximum Gasteiger partial charge on any atom is 0.221 e. The SMILES string of the molecule is CCN1CCN(CCC(=O)NCCCN(C)C)CC1. The molecule has 1 saturated heterocycles. The van der Waals surface area contributed by atoms with Crippen LogP contribution in [0.3, 0.4) is 0 Å². The van der Waals surface area contributed by atoms with Gasteiger partial charge in [-0.25, -0.2) is 0 Å². The van der Waals surface area contributed by atoms with Gasteiger partial charge < -0.3 is 20.0 Å². The Kier molecular flexibility index (Phi) is 8.02. The number of hydrogen-bond donors (Lipinski definition) is 1. The molecule has 0 unspecified atom stereocenters. The summed E-state index contributed by atoms with van der Waals surface area (Å²) < 4.78 is 0. The van der Waals surface area contributed by atoms with Crippen LogP contribution in [0.5, 0.6) is 0 Å². The first-order chi connectivity index (χ1) is 9.11. The second kappa shape index (κ2) is 9.28. The minimum Gasteiger partial charge on any atom is -0.356 e. The van der Waals surface area contributed by atoms with Crippen LogP contribution in [0, 0.1) is 0 Å². The first-order valence-corrected chi connectivity index (χ1v) is 7.48. The van der Waals surface area contributed by atoms with Crippen LogP contribution in [0.4, 0.5) is 0 Å². The fraction of sp³-hybridized carbons (Fsp3) is 0.929. The Morgan fingerprint density at radius 2 is 1.79 bits per heavy atom. The third-order valence-corrected chi connectivity index (χ3v) is 3.67. The van der Waals surface area contributed by atoms with Crippen molar-refractivity contribution in [3.8, 4) is 0 Å². The van der Waals surface area contributed by atoms with Crippen LogP contribution in [0.15, 0.2) is 0 Å². The molecular formula is C14H30N4O. The summed E-state index contributed by atoms with van der Waals surface area (Å²) in [5, 5.41) is 2.99. The third kappa shape index (κ3) is 7.50. The second-order valence-corrected chi connectivity index (χ2v) is 5.53. The maximum atomic E-state index is 11.7. The van der Waals surface area contributed by atoms with Gasteiger partial charge in [0.1, 0.15) is 0 Å². The number of rotatable bonds is 8. The molecule has 1 N–H and O–H groups in total. The maximum absolute atomic E-state index is 11.7. The van der Waals surface area contributed by atoms with E-state index >= 15 is 0 Å². The Morgan fingerprint density at radius 1 is 1.16 bits per heavy atom. The van der Waals surface area contributed by atoms with Gasteiger partial charge in [0.25, 0.3) is 0 Å². The van der Waals surface area contributed by atoms with Crippen LogP contribution < -0.4 is 5.32 Å². The highest BCUT2D eigenvalue weighted by Gasteiger charge is 2.15. The minimum atomic E-state index is 0.191. The van der Waals surface area contributed by atoms with Crippen molar-refractivity contribution in [1.29, 1.82) is 0 Å². The number of carbonyl (C=O) groups excluding carboxylic acids is 1. The monoisotopic (exact) mass is 270 g/mol. The number of nitrogens with zero attached hydrogens (tertiary/aromatic N) is 3. The van der Waals surface area contributed by atoms with Gasteiger partial charge in [-0.2, -0.15) is 0 Å². The zero-order valence-corrected chi connectivity index (χ0v) is 12.8. The number of hydrogen-bond acceptors (Lipinski definition) is 4. The topological polar surface area (TPSA) is 38.8 Å². The smallest absolute Gasteiger partial charge is 0.221 e. The Morgan fingerprint density at radius 3 is 2.37 bits per heavy atom. The summed E-state index contributed by atoms with van der Waals surface area (Å²) in [4.78, 5) is 18.7. The Labute approximate surface area is 117 Å². The third-order valence-electron chi connectivity index (χ3n) is 3.67. The van der Waals surface area contributed by atoms with Crippen molar-refractivity contribution in [2.75, 3.05) is 66.5 Å². The van der Waals surface area contributed by atoms with E-state index in [2.05, 4.69) is 41.0 Å². The van der Waals surface area contributed by atoms with Gasteiger partial charge in [0, 0.05) is 45.7 Å². The fourth-order valence-corrected chi connectivity index (χ4v) is 2.30. The van der Waals surface area contributed by atoms with Crippen LogP contribution >= 0.6 is 0 Å². The molecule has 0 aromatic rings. The summed E-state index contributed by atoms with van der Waals surface area (Å²) in [6, 6.07) is 0. The molecule has 0 aromatic carbocycles. The van der Waals surface area contributed by atoms with Gasteiger partial charge >= 0.3 is 0 Å². The molecule has 1 rings (SSSR count). The largest absolute Gasteiger partial charge is 0.356 e. The lowest BCUT2D eigenvalue weighted by molar-refractivity contribution is -0.121. The molecule has 1 amide bonds. The van der Waals surface area contributed by atoms with Crippen LogP contribution in [-0.2, 0) is 4.79 Å². The standard InChI is InChI=1S/C14H30N4O/c1-4-17-10-12-18(13-11-17)9-6-14(19)15-7-5-8-16(2)3/h4-13H2,1-3H3,(H,15,19). The molecule has 5 heteroatoms. The van der Waals surface area contributed by atoms with Crippen molar-refractivity contribution >= 4 is 5.91 Å². The molecule has 0 spiro atoms. The summed E-state index contributed by atoms with van der Waals surface area (Å²) in [6.07, 6.45) is 1.65. The van der Waals surface area contributed by atoms with Crippen LogP contribution in [-0.4, -0.2) is 87.1 Å². The molecule has 5 nitrogen and oxygen atoms in total. The zero-order valence-electron chi connectivity index (χ0n) is 12.8. The molecule has 1 fully saturated rings. The lowest BCUT2D eigenvalue weighted by atomic mass is 10.3. The summed E-state index contributed by atoms with van der Waals surface area (Å²) in [5.74, 6) is 0.191. The first-order valence-electron chi connectivity index (χ1n) is 7.48. The van der Waals surface area contributed by atoms with E-state index in [1.165, 1.54) is 0 Å². The van der Waals surface area contributed by atoms with Crippen molar-refractivity contribution in [1.82, 2.24) is 20.0 Å². The minimum absolute atomic E-state index is 0.191. The van der Waals surface area contributed by atoms with Gasteiger partial charge in [0.05, 0.1) is 0 Å². The highest BCUT2D eigenvalue weighted by molar-refractivity contribution is 5.75. The van der Waals surface area contributed by atoms with E-state index in [4.69, 9.17) is 0 Å². The van der Waals surface area contributed by atoms with E-state index < -0.39 is 0 Å². The Hall–Kier alpha value is -0.650. The van der Waals surface area contributed by atoms with Gasteiger partial charge in [0.2, 0.25) is 5.91 Å². The molecule has 1 aliphatic heterocycles. The van der Waals surface area contributed by atoms with Gasteiger partial charge in [0.15, 0.2) is 0 Å². The number of carbonyl (C=O) groups is 1. The number of nitrogens with one attached hydrogen (secondary N) is 1. The van der Waals surface area contributed by atoms with E-state index in [9.17, 15) is 4.79 Å². The lowest BCUT2D eigenvalue weighted by Crippen LogP contribution is -2.47. The summed E-state index contributed by atoms with van der Waals surface area (Å²) in [6.45, 7) is 10.5. The van der Waals surface area contributed by atoms with Gasteiger partial charge in [-0.1, -0.05) is 6.92 Å². The number of likely N-dealkylation sites (N-methyl/N-ethyl adjacent to an activating group) is 1.